The molecule has 23 heavy (non-hydrogen) atoms. The van der Waals surface area contributed by atoms with E-state index < -0.39 is 0 Å². The second-order valence-electron chi connectivity index (χ2n) is 6.80. The molecule has 0 saturated carbocycles. The number of nitrogens with one attached hydrogen (secondary N) is 1. The number of aromatic amines is 1. The molecule has 1 aromatic rings. The molecule has 1 saturated heterocycles. The van der Waals surface area contributed by atoms with Crippen molar-refractivity contribution < 1.29 is 4.79 Å². The van der Waals surface area contributed by atoms with Crippen LogP contribution in [-0.4, -0.2) is 70.9 Å². The number of carbonyl (C=O) groups excluding carboxylic acids is 1. The van der Waals surface area contributed by atoms with E-state index in [2.05, 4.69) is 28.6 Å². The summed E-state index contributed by atoms with van der Waals surface area (Å²) in [6.07, 6.45) is 0.805. The average Bonchev–Trinajstić information content (AvgIpc) is 2.55. The van der Waals surface area contributed by atoms with Gasteiger partial charge in [0.25, 0.3) is 0 Å². The Bertz CT molecular complexity index is 617. The number of rotatable bonds is 3. The number of H-pyrrole nitrogens is 1. The second-order valence-corrected chi connectivity index (χ2v) is 6.80. The third-order valence-corrected chi connectivity index (χ3v) is 4.93. The van der Waals surface area contributed by atoms with Gasteiger partial charge in [0, 0.05) is 63.5 Å². The van der Waals surface area contributed by atoms with Gasteiger partial charge in [-0.25, -0.2) is 0 Å². The van der Waals surface area contributed by atoms with Gasteiger partial charge in [-0.1, -0.05) is 6.07 Å². The van der Waals surface area contributed by atoms with Crippen molar-refractivity contribution in [2.45, 2.75) is 32.9 Å². The molecule has 1 amide bonds. The summed E-state index contributed by atoms with van der Waals surface area (Å²) in [6, 6.07) is 4.00. The van der Waals surface area contributed by atoms with E-state index in [9.17, 15) is 9.59 Å². The first-order valence-corrected chi connectivity index (χ1v) is 8.48. The normalized spacial score (nSPS) is 19.9. The third kappa shape index (κ3) is 3.82. The fourth-order valence-electron chi connectivity index (χ4n) is 3.42. The van der Waals surface area contributed by atoms with Crippen LogP contribution in [0, 0.1) is 0 Å². The average molecular weight is 318 g/mol. The minimum atomic E-state index is -0.0451. The van der Waals surface area contributed by atoms with Crippen molar-refractivity contribution in [2.24, 2.45) is 0 Å². The molecule has 0 aromatic carbocycles. The van der Waals surface area contributed by atoms with E-state index in [1.54, 1.807) is 6.07 Å². The Morgan fingerprint density at radius 1 is 1.17 bits per heavy atom. The van der Waals surface area contributed by atoms with E-state index in [0.717, 1.165) is 56.9 Å². The molecule has 6 heteroatoms. The monoisotopic (exact) mass is 318 g/mol. The molecule has 0 atom stereocenters. The molecule has 0 spiro atoms. The molecule has 2 aliphatic heterocycles. The summed E-state index contributed by atoms with van der Waals surface area (Å²) in [5, 5.41) is 0. The largest absolute Gasteiger partial charge is 0.339 e. The Kier molecular flexibility index (Phi) is 4.82. The Morgan fingerprint density at radius 3 is 2.61 bits per heavy atom. The highest BCUT2D eigenvalue weighted by Gasteiger charge is 2.25. The molecular weight excluding hydrogens is 292 g/mol. The Balaban J connectivity index is 1.53. The molecule has 126 valence electrons. The molecule has 0 bridgehead atoms. The van der Waals surface area contributed by atoms with Crippen LogP contribution >= 0.6 is 0 Å². The Hall–Kier alpha value is -1.66. The molecule has 0 aliphatic carbocycles. The molecular formula is C17H26N4O2. The minimum absolute atomic E-state index is 0.0451. The zero-order valence-corrected chi connectivity index (χ0v) is 14.0. The SMILES string of the molecule is CC(C)N1CCN(C(=O)CN2CCc3[nH]c(=O)ccc3C2)CC1. The first kappa shape index (κ1) is 16.2. The quantitative estimate of drug-likeness (QED) is 0.870. The number of aromatic nitrogens is 1. The molecule has 6 nitrogen and oxygen atoms in total. The van der Waals surface area contributed by atoms with E-state index in [1.165, 1.54) is 0 Å². The van der Waals surface area contributed by atoms with Crippen LogP contribution in [0.1, 0.15) is 25.1 Å². The first-order chi connectivity index (χ1) is 11.0. The lowest BCUT2D eigenvalue weighted by Gasteiger charge is -2.38. The van der Waals surface area contributed by atoms with Gasteiger partial charge in [0.15, 0.2) is 0 Å². The summed E-state index contributed by atoms with van der Waals surface area (Å²) >= 11 is 0. The zero-order valence-electron chi connectivity index (χ0n) is 14.0. The van der Waals surface area contributed by atoms with Crippen LogP contribution in [0.3, 0.4) is 0 Å². The number of nitrogens with zero attached hydrogens (tertiary/aromatic N) is 3. The van der Waals surface area contributed by atoms with Crippen LogP contribution in [0.2, 0.25) is 0 Å². The lowest BCUT2D eigenvalue weighted by atomic mass is 10.1. The van der Waals surface area contributed by atoms with Gasteiger partial charge in [-0.2, -0.15) is 0 Å². The molecule has 0 unspecified atom stereocenters. The molecule has 1 aromatic heterocycles. The van der Waals surface area contributed by atoms with Crippen LogP contribution in [-0.2, 0) is 17.8 Å². The third-order valence-electron chi connectivity index (χ3n) is 4.93. The van der Waals surface area contributed by atoms with Gasteiger partial charge < -0.3 is 9.88 Å². The molecule has 0 radical (unpaired) electrons. The van der Waals surface area contributed by atoms with Gasteiger partial charge in [-0.15, -0.1) is 0 Å². The van der Waals surface area contributed by atoms with Gasteiger partial charge >= 0.3 is 0 Å². The summed E-state index contributed by atoms with van der Waals surface area (Å²) in [7, 11) is 0. The van der Waals surface area contributed by atoms with Crippen molar-refractivity contribution in [1.82, 2.24) is 19.7 Å². The van der Waals surface area contributed by atoms with E-state index in [4.69, 9.17) is 0 Å². The fourth-order valence-corrected chi connectivity index (χ4v) is 3.42. The van der Waals surface area contributed by atoms with Gasteiger partial charge in [0.2, 0.25) is 11.5 Å². The van der Waals surface area contributed by atoms with E-state index in [-0.39, 0.29) is 11.5 Å². The maximum Gasteiger partial charge on any atom is 0.248 e. The number of pyridine rings is 1. The standard InChI is InChI=1S/C17H26N4O2/c1-13(2)20-7-9-21(10-8-20)17(23)12-19-6-5-15-14(11-19)3-4-16(22)18-15/h3-4,13H,5-12H2,1-2H3,(H,18,22). The van der Waals surface area contributed by atoms with Gasteiger partial charge in [-0.05, 0) is 19.4 Å². The Labute approximate surface area is 137 Å². The molecule has 1 N–H and O–H groups in total. The summed E-state index contributed by atoms with van der Waals surface area (Å²) in [4.78, 5) is 33.3. The fraction of sp³-hybridized carbons (Fsp3) is 0.647. The number of amides is 1. The summed E-state index contributed by atoms with van der Waals surface area (Å²) in [5.41, 5.74) is 2.11. The molecule has 2 aliphatic rings. The van der Waals surface area contributed by atoms with Crippen LogP contribution in [0.5, 0.6) is 0 Å². The van der Waals surface area contributed by atoms with Crippen LogP contribution in [0.25, 0.3) is 0 Å². The Morgan fingerprint density at radius 2 is 1.91 bits per heavy atom. The number of hydrogen-bond acceptors (Lipinski definition) is 4. The van der Waals surface area contributed by atoms with Crippen molar-refractivity contribution >= 4 is 5.91 Å². The van der Waals surface area contributed by atoms with Crippen molar-refractivity contribution in [1.29, 1.82) is 0 Å². The zero-order chi connectivity index (χ0) is 16.4. The highest BCUT2D eigenvalue weighted by Crippen LogP contribution is 2.15. The highest BCUT2D eigenvalue weighted by atomic mass is 16.2. The summed E-state index contributed by atoms with van der Waals surface area (Å²) in [6.45, 7) is 10.0. The number of hydrogen-bond donors (Lipinski definition) is 1. The number of carbonyl (C=O) groups is 1. The van der Waals surface area contributed by atoms with E-state index in [0.29, 0.717) is 12.6 Å². The first-order valence-electron chi connectivity index (χ1n) is 8.48. The van der Waals surface area contributed by atoms with Crippen molar-refractivity contribution in [3.8, 4) is 0 Å². The van der Waals surface area contributed by atoms with E-state index >= 15 is 0 Å². The number of piperazine rings is 1. The lowest BCUT2D eigenvalue weighted by molar-refractivity contribution is -0.134. The predicted octanol–water partition coefficient (Wildman–Crippen LogP) is 0.286. The topological polar surface area (TPSA) is 59.6 Å². The van der Waals surface area contributed by atoms with Gasteiger partial charge in [-0.3, -0.25) is 19.4 Å². The van der Waals surface area contributed by atoms with Gasteiger partial charge in [0.1, 0.15) is 0 Å². The number of fused-ring (bicyclic) bond motifs is 1. The smallest absolute Gasteiger partial charge is 0.248 e. The maximum atomic E-state index is 12.5. The summed E-state index contributed by atoms with van der Waals surface area (Å²) in [5.74, 6) is 0.223. The minimum Gasteiger partial charge on any atom is -0.339 e. The second kappa shape index (κ2) is 6.84. The van der Waals surface area contributed by atoms with Crippen molar-refractivity contribution in [3.63, 3.8) is 0 Å². The van der Waals surface area contributed by atoms with Gasteiger partial charge in [0.05, 0.1) is 6.54 Å². The molecule has 3 rings (SSSR count). The van der Waals surface area contributed by atoms with Crippen LogP contribution in [0.4, 0.5) is 0 Å². The summed E-state index contributed by atoms with van der Waals surface area (Å²) < 4.78 is 0. The van der Waals surface area contributed by atoms with Crippen molar-refractivity contribution in [2.75, 3.05) is 39.3 Å². The lowest BCUT2D eigenvalue weighted by Crippen LogP contribution is -2.53. The van der Waals surface area contributed by atoms with Crippen molar-refractivity contribution in [3.05, 3.63) is 33.7 Å². The highest BCUT2D eigenvalue weighted by molar-refractivity contribution is 5.78. The van der Waals surface area contributed by atoms with Crippen LogP contribution < -0.4 is 5.56 Å². The predicted molar refractivity (Wildman–Crippen MR) is 89.3 cm³/mol. The van der Waals surface area contributed by atoms with E-state index in [1.807, 2.05) is 11.0 Å². The molecule has 3 heterocycles. The van der Waals surface area contributed by atoms with Crippen LogP contribution in [0.15, 0.2) is 16.9 Å². The maximum absolute atomic E-state index is 12.5. The molecule has 1 fully saturated rings.